The van der Waals surface area contributed by atoms with Crippen molar-refractivity contribution in [2.24, 2.45) is 0 Å². The van der Waals surface area contributed by atoms with Gasteiger partial charge in [-0.25, -0.2) is 4.98 Å². The highest BCUT2D eigenvalue weighted by Crippen LogP contribution is 2.29. The molecule has 3 nitrogen and oxygen atoms in total. The standard InChI is InChI=1S/C14H15ClN2O/c1-10-6-7-12(15)13(8-10)18-14-5-3-4-11(17-14)9-16-2/h3-8,16H,9H2,1-2H3. The van der Waals surface area contributed by atoms with Gasteiger partial charge in [-0.3, -0.25) is 0 Å². The number of aryl methyl sites for hydroxylation is 1. The van der Waals surface area contributed by atoms with Gasteiger partial charge in [-0.05, 0) is 37.7 Å². The summed E-state index contributed by atoms with van der Waals surface area (Å²) in [5, 5.41) is 3.64. The van der Waals surface area contributed by atoms with Crippen molar-refractivity contribution in [1.29, 1.82) is 0 Å². The van der Waals surface area contributed by atoms with Gasteiger partial charge in [0.2, 0.25) is 5.88 Å². The number of halogens is 1. The van der Waals surface area contributed by atoms with Gasteiger partial charge in [0.15, 0.2) is 0 Å². The Kier molecular flexibility index (Phi) is 4.18. The molecule has 2 rings (SSSR count). The van der Waals surface area contributed by atoms with Crippen LogP contribution in [0.5, 0.6) is 11.6 Å². The molecule has 0 bridgehead atoms. The topological polar surface area (TPSA) is 34.1 Å². The van der Waals surface area contributed by atoms with E-state index in [0.717, 1.165) is 11.3 Å². The van der Waals surface area contributed by atoms with E-state index in [2.05, 4.69) is 10.3 Å². The fourth-order valence-corrected chi connectivity index (χ4v) is 1.75. The molecular formula is C14H15ClN2O. The Morgan fingerprint density at radius 2 is 2.11 bits per heavy atom. The Bertz CT molecular complexity index is 543. The molecule has 0 spiro atoms. The highest BCUT2D eigenvalue weighted by atomic mass is 35.5. The Balaban J connectivity index is 2.22. The molecule has 94 valence electrons. The van der Waals surface area contributed by atoms with E-state index >= 15 is 0 Å². The summed E-state index contributed by atoms with van der Waals surface area (Å²) in [5.41, 5.74) is 2.03. The fourth-order valence-electron chi connectivity index (χ4n) is 1.60. The first-order valence-electron chi connectivity index (χ1n) is 5.73. The molecule has 0 atom stereocenters. The molecule has 0 fully saturated rings. The van der Waals surface area contributed by atoms with Gasteiger partial charge in [-0.1, -0.05) is 23.7 Å². The Hall–Kier alpha value is -1.58. The van der Waals surface area contributed by atoms with Crippen LogP contribution in [0.4, 0.5) is 0 Å². The molecule has 1 aromatic heterocycles. The maximum atomic E-state index is 6.08. The van der Waals surface area contributed by atoms with E-state index in [9.17, 15) is 0 Å². The zero-order valence-electron chi connectivity index (χ0n) is 10.4. The molecule has 0 aliphatic carbocycles. The van der Waals surface area contributed by atoms with Crippen molar-refractivity contribution in [2.75, 3.05) is 7.05 Å². The van der Waals surface area contributed by atoms with E-state index in [-0.39, 0.29) is 0 Å². The molecule has 0 aliphatic heterocycles. The molecule has 18 heavy (non-hydrogen) atoms. The van der Waals surface area contributed by atoms with Gasteiger partial charge in [-0.2, -0.15) is 0 Å². The fraction of sp³-hybridized carbons (Fsp3) is 0.214. The van der Waals surface area contributed by atoms with Crippen molar-refractivity contribution in [3.63, 3.8) is 0 Å². The minimum absolute atomic E-state index is 0.551. The molecule has 0 amide bonds. The van der Waals surface area contributed by atoms with Gasteiger partial charge in [0, 0.05) is 12.6 Å². The quantitative estimate of drug-likeness (QED) is 0.915. The van der Waals surface area contributed by atoms with Crippen molar-refractivity contribution < 1.29 is 4.74 Å². The summed E-state index contributed by atoms with van der Waals surface area (Å²) in [6.07, 6.45) is 0. The molecule has 0 saturated carbocycles. The minimum atomic E-state index is 0.551. The van der Waals surface area contributed by atoms with Crippen LogP contribution in [0.2, 0.25) is 5.02 Å². The van der Waals surface area contributed by atoms with Crippen molar-refractivity contribution >= 4 is 11.6 Å². The third-order valence-corrected chi connectivity index (χ3v) is 2.75. The average Bonchev–Trinajstić information content (AvgIpc) is 2.35. The predicted octanol–water partition coefficient (Wildman–Crippen LogP) is 3.56. The lowest BCUT2D eigenvalue weighted by Crippen LogP contribution is -2.06. The van der Waals surface area contributed by atoms with E-state index in [0.29, 0.717) is 23.2 Å². The first kappa shape index (κ1) is 12.9. The van der Waals surface area contributed by atoms with Gasteiger partial charge in [-0.15, -0.1) is 0 Å². The van der Waals surface area contributed by atoms with Crippen LogP contribution in [0.25, 0.3) is 0 Å². The molecule has 4 heteroatoms. The third-order valence-electron chi connectivity index (χ3n) is 2.44. The highest BCUT2D eigenvalue weighted by molar-refractivity contribution is 6.32. The van der Waals surface area contributed by atoms with Crippen LogP contribution in [0, 0.1) is 6.92 Å². The molecule has 1 N–H and O–H groups in total. The Morgan fingerprint density at radius 3 is 2.89 bits per heavy atom. The number of nitrogens with zero attached hydrogens (tertiary/aromatic N) is 1. The largest absolute Gasteiger partial charge is 0.437 e. The number of hydrogen-bond acceptors (Lipinski definition) is 3. The summed E-state index contributed by atoms with van der Waals surface area (Å²) in [7, 11) is 1.88. The van der Waals surface area contributed by atoms with Crippen molar-refractivity contribution in [2.45, 2.75) is 13.5 Å². The maximum Gasteiger partial charge on any atom is 0.219 e. The second-order valence-corrected chi connectivity index (χ2v) is 4.44. The van der Waals surface area contributed by atoms with Gasteiger partial charge in [0.25, 0.3) is 0 Å². The Labute approximate surface area is 112 Å². The van der Waals surface area contributed by atoms with Crippen LogP contribution in [-0.4, -0.2) is 12.0 Å². The first-order valence-corrected chi connectivity index (χ1v) is 6.11. The van der Waals surface area contributed by atoms with Gasteiger partial charge < -0.3 is 10.1 Å². The summed E-state index contributed by atoms with van der Waals surface area (Å²) in [5.74, 6) is 1.18. The summed E-state index contributed by atoms with van der Waals surface area (Å²) < 4.78 is 5.71. The van der Waals surface area contributed by atoms with Crippen molar-refractivity contribution in [3.05, 3.63) is 52.7 Å². The van der Waals surface area contributed by atoms with Crippen LogP contribution in [-0.2, 0) is 6.54 Å². The van der Waals surface area contributed by atoms with Crippen molar-refractivity contribution in [3.8, 4) is 11.6 Å². The second kappa shape index (κ2) is 5.85. The van der Waals surface area contributed by atoms with E-state index in [1.54, 1.807) is 0 Å². The van der Waals surface area contributed by atoms with Gasteiger partial charge in [0.1, 0.15) is 5.75 Å². The number of pyridine rings is 1. The molecule has 2 aromatic rings. The van der Waals surface area contributed by atoms with Crippen LogP contribution in [0.1, 0.15) is 11.3 Å². The number of nitrogens with one attached hydrogen (secondary N) is 1. The van der Waals surface area contributed by atoms with E-state index < -0.39 is 0 Å². The zero-order valence-corrected chi connectivity index (χ0v) is 11.2. The number of rotatable bonds is 4. The van der Waals surface area contributed by atoms with Crippen LogP contribution >= 0.6 is 11.6 Å². The Morgan fingerprint density at radius 1 is 1.28 bits per heavy atom. The summed E-state index contributed by atoms with van der Waals surface area (Å²) in [4.78, 5) is 4.39. The van der Waals surface area contributed by atoms with Crippen LogP contribution in [0.15, 0.2) is 36.4 Å². The number of ether oxygens (including phenoxy) is 1. The monoisotopic (exact) mass is 262 g/mol. The highest BCUT2D eigenvalue weighted by Gasteiger charge is 2.05. The maximum absolute atomic E-state index is 6.08. The molecule has 0 unspecified atom stereocenters. The number of aromatic nitrogens is 1. The predicted molar refractivity (Wildman–Crippen MR) is 73.3 cm³/mol. The van der Waals surface area contributed by atoms with Crippen molar-refractivity contribution in [1.82, 2.24) is 10.3 Å². The van der Waals surface area contributed by atoms with E-state index in [1.807, 2.05) is 50.4 Å². The average molecular weight is 263 g/mol. The minimum Gasteiger partial charge on any atom is -0.437 e. The molecule has 1 heterocycles. The lowest BCUT2D eigenvalue weighted by Gasteiger charge is -2.08. The lowest BCUT2D eigenvalue weighted by molar-refractivity contribution is 0.460. The third kappa shape index (κ3) is 3.22. The van der Waals surface area contributed by atoms with E-state index in [1.165, 1.54) is 0 Å². The van der Waals surface area contributed by atoms with Crippen LogP contribution < -0.4 is 10.1 Å². The smallest absolute Gasteiger partial charge is 0.219 e. The summed E-state index contributed by atoms with van der Waals surface area (Å²) >= 11 is 6.08. The molecule has 0 radical (unpaired) electrons. The summed E-state index contributed by atoms with van der Waals surface area (Å²) in [6, 6.07) is 11.3. The number of benzene rings is 1. The molecular weight excluding hydrogens is 248 g/mol. The lowest BCUT2D eigenvalue weighted by atomic mass is 10.2. The molecule has 0 aliphatic rings. The SMILES string of the molecule is CNCc1cccc(Oc2cc(C)ccc2Cl)n1. The van der Waals surface area contributed by atoms with Gasteiger partial charge >= 0.3 is 0 Å². The number of hydrogen-bond donors (Lipinski definition) is 1. The first-order chi connectivity index (χ1) is 8.69. The van der Waals surface area contributed by atoms with E-state index in [4.69, 9.17) is 16.3 Å². The normalized spacial score (nSPS) is 10.4. The second-order valence-electron chi connectivity index (χ2n) is 4.03. The zero-order chi connectivity index (χ0) is 13.0. The van der Waals surface area contributed by atoms with Gasteiger partial charge in [0.05, 0.1) is 10.7 Å². The summed E-state index contributed by atoms with van der Waals surface area (Å²) in [6.45, 7) is 2.70. The van der Waals surface area contributed by atoms with Crippen LogP contribution in [0.3, 0.4) is 0 Å². The molecule has 1 aromatic carbocycles. The molecule has 0 saturated heterocycles.